The molecule has 3 rings (SSSR count). The Balaban J connectivity index is 1.99. The highest BCUT2D eigenvalue weighted by atomic mass is 35.5. The minimum absolute atomic E-state index is 0.0645. The van der Waals surface area contributed by atoms with E-state index in [9.17, 15) is 13.2 Å². The second kappa shape index (κ2) is 9.12. The van der Waals surface area contributed by atoms with Crippen molar-refractivity contribution in [3.63, 3.8) is 0 Å². The van der Waals surface area contributed by atoms with Crippen LogP contribution < -0.4 is 9.62 Å². The summed E-state index contributed by atoms with van der Waals surface area (Å²) in [6.07, 6.45) is 0. The number of aryl methyl sites for hydroxylation is 4. The first-order valence-corrected chi connectivity index (χ1v) is 11.6. The molecular formula is C24H25ClN2O3S. The van der Waals surface area contributed by atoms with Crippen molar-refractivity contribution in [1.29, 1.82) is 0 Å². The zero-order valence-corrected chi connectivity index (χ0v) is 19.5. The fraction of sp³-hybridized carbons (Fsp3) is 0.208. The first kappa shape index (κ1) is 22.8. The van der Waals surface area contributed by atoms with E-state index in [0.29, 0.717) is 16.4 Å². The van der Waals surface area contributed by atoms with Crippen molar-refractivity contribution in [2.24, 2.45) is 0 Å². The summed E-state index contributed by atoms with van der Waals surface area (Å²) in [5.41, 5.74) is 4.96. The van der Waals surface area contributed by atoms with E-state index < -0.39 is 15.9 Å². The largest absolute Gasteiger partial charge is 0.324 e. The summed E-state index contributed by atoms with van der Waals surface area (Å²) in [7, 11) is -3.99. The van der Waals surface area contributed by atoms with Crippen LogP contribution in [-0.2, 0) is 14.8 Å². The fourth-order valence-corrected chi connectivity index (χ4v) is 4.66. The molecule has 1 amide bonds. The molecule has 7 heteroatoms. The third kappa shape index (κ3) is 5.27. The lowest BCUT2D eigenvalue weighted by Gasteiger charge is -2.25. The Bertz CT molecular complexity index is 1220. The Kier molecular flexibility index (Phi) is 6.72. The number of nitrogens with one attached hydrogen (secondary N) is 1. The Labute approximate surface area is 188 Å². The molecule has 5 nitrogen and oxygen atoms in total. The minimum atomic E-state index is -3.99. The third-order valence-corrected chi connectivity index (χ3v) is 7.17. The van der Waals surface area contributed by atoms with Crippen molar-refractivity contribution >= 4 is 38.9 Å². The lowest BCUT2D eigenvalue weighted by atomic mass is 10.1. The van der Waals surface area contributed by atoms with E-state index in [1.165, 1.54) is 24.3 Å². The van der Waals surface area contributed by atoms with E-state index in [1.807, 2.05) is 52.0 Å². The van der Waals surface area contributed by atoms with Gasteiger partial charge < -0.3 is 5.32 Å². The molecule has 0 fully saturated rings. The number of nitrogens with zero attached hydrogens (tertiary/aromatic N) is 1. The van der Waals surface area contributed by atoms with Gasteiger partial charge in [-0.2, -0.15) is 0 Å². The third-order valence-electron chi connectivity index (χ3n) is 5.13. The molecule has 0 atom stereocenters. The summed E-state index contributed by atoms with van der Waals surface area (Å²) < 4.78 is 28.0. The van der Waals surface area contributed by atoms with Gasteiger partial charge in [-0.15, -0.1) is 0 Å². The molecule has 0 aliphatic rings. The van der Waals surface area contributed by atoms with E-state index in [-0.39, 0.29) is 11.4 Å². The topological polar surface area (TPSA) is 66.5 Å². The molecule has 162 valence electrons. The van der Waals surface area contributed by atoms with Gasteiger partial charge in [-0.1, -0.05) is 29.8 Å². The van der Waals surface area contributed by atoms with Crippen molar-refractivity contribution < 1.29 is 13.2 Å². The van der Waals surface area contributed by atoms with Crippen LogP contribution in [0.2, 0.25) is 5.02 Å². The number of carbonyl (C=O) groups is 1. The molecule has 0 radical (unpaired) electrons. The van der Waals surface area contributed by atoms with Gasteiger partial charge in [0.2, 0.25) is 5.91 Å². The Morgan fingerprint density at radius 2 is 1.52 bits per heavy atom. The van der Waals surface area contributed by atoms with Crippen LogP contribution in [0.5, 0.6) is 0 Å². The molecule has 0 heterocycles. The van der Waals surface area contributed by atoms with Crippen LogP contribution >= 0.6 is 11.6 Å². The Morgan fingerprint density at radius 3 is 2.16 bits per heavy atom. The number of amides is 1. The summed E-state index contributed by atoms with van der Waals surface area (Å²) in [6.45, 7) is 7.31. The number of sulfonamides is 1. The van der Waals surface area contributed by atoms with Crippen LogP contribution in [0.15, 0.2) is 65.6 Å². The van der Waals surface area contributed by atoms with Crippen LogP contribution in [0, 0.1) is 27.7 Å². The number of anilines is 2. The van der Waals surface area contributed by atoms with Crippen LogP contribution in [0.1, 0.15) is 22.3 Å². The highest BCUT2D eigenvalue weighted by Gasteiger charge is 2.27. The molecule has 0 spiro atoms. The van der Waals surface area contributed by atoms with Crippen LogP contribution in [0.25, 0.3) is 0 Å². The Morgan fingerprint density at radius 1 is 0.871 bits per heavy atom. The van der Waals surface area contributed by atoms with Crippen molar-refractivity contribution in [2.45, 2.75) is 32.6 Å². The standard InChI is InChI=1S/C24H25ClN2O3S/c1-16-5-6-18(3)23(13-16)26-24(28)15-27(21-10-7-17(2)19(4)14-21)31(29,30)22-11-8-20(25)9-12-22/h5-14H,15H2,1-4H3,(H,26,28). The van der Waals surface area contributed by atoms with Crippen LogP contribution in [0.3, 0.4) is 0 Å². The van der Waals surface area contributed by atoms with Gasteiger partial charge in [-0.25, -0.2) is 8.42 Å². The van der Waals surface area contributed by atoms with E-state index in [1.54, 1.807) is 12.1 Å². The SMILES string of the molecule is Cc1ccc(C)c(NC(=O)CN(c2ccc(C)c(C)c2)S(=O)(=O)c2ccc(Cl)cc2)c1. The van der Waals surface area contributed by atoms with Crippen molar-refractivity contribution in [3.05, 3.63) is 87.9 Å². The normalized spacial score (nSPS) is 11.3. The van der Waals surface area contributed by atoms with Gasteiger partial charge >= 0.3 is 0 Å². The highest BCUT2D eigenvalue weighted by Crippen LogP contribution is 2.27. The van der Waals surface area contributed by atoms with Gasteiger partial charge in [-0.05, 0) is 92.4 Å². The average Bonchev–Trinajstić information content (AvgIpc) is 2.71. The lowest BCUT2D eigenvalue weighted by Crippen LogP contribution is -2.38. The summed E-state index contributed by atoms with van der Waals surface area (Å²) >= 11 is 5.93. The number of carbonyl (C=O) groups excluding carboxylic acids is 1. The first-order chi connectivity index (χ1) is 14.6. The van der Waals surface area contributed by atoms with Gasteiger partial charge in [0.25, 0.3) is 10.0 Å². The number of rotatable bonds is 6. The number of benzene rings is 3. The zero-order chi connectivity index (χ0) is 22.8. The van der Waals surface area contributed by atoms with Gasteiger partial charge in [0.05, 0.1) is 10.6 Å². The summed E-state index contributed by atoms with van der Waals surface area (Å²) in [5, 5.41) is 3.28. The first-order valence-electron chi connectivity index (χ1n) is 9.80. The van der Waals surface area contributed by atoms with Crippen molar-refractivity contribution in [2.75, 3.05) is 16.2 Å². The molecule has 1 N–H and O–H groups in total. The van der Waals surface area contributed by atoms with Crippen LogP contribution in [-0.4, -0.2) is 20.9 Å². The molecule has 31 heavy (non-hydrogen) atoms. The monoisotopic (exact) mass is 456 g/mol. The maximum Gasteiger partial charge on any atom is 0.264 e. The zero-order valence-electron chi connectivity index (χ0n) is 17.9. The second-order valence-electron chi connectivity index (χ2n) is 7.60. The quantitative estimate of drug-likeness (QED) is 0.539. The maximum atomic E-state index is 13.5. The minimum Gasteiger partial charge on any atom is -0.324 e. The lowest BCUT2D eigenvalue weighted by molar-refractivity contribution is -0.114. The number of halogens is 1. The molecule has 3 aromatic rings. The molecular weight excluding hydrogens is 432 g/mol. The predicted octanol–water partition coefficient (Wildman–Crippen LogP) is 5.41. The smallest absolute Gasteiger partial charge is 0.264 e. The second-order valence-corrected chi connectivity index (χ2v) is 9.90. The summed E-state index contributed by atoms with van der Waals surface area (Å²) in [5.74, 6) is -0.426. The number of hydrogen-bond donors (Lipinski definition) is 1. The molecule has 0 bridgehead atoms. The summed E-state index contributed by atoms with van der Waals surface area (Å²) in [4.78, 5) is 13.0. The summed E-state index contributed by atoms with van der Waals surface area (Å²) in [6, 6.07) is 17.0. The number of hydrogen-bond acceptors (Lipinski definition) is 3. The van der Waals surface area contributed by atoms with Crippen molar-refractivity contribution in [1.82, 2.24) is 0 Å². The van der Waals surface area contributed by atoms with E-state index in [4.69, 9.17) is 11.6 Å². The highest BCUT2D eigenvalue weighted by molar-refractivity contribution is 7.92. The molecule has 0 saturated heterocycles. The van der Waals surface area contributed by atoms with Gasteiger partial charge in [0.15, 0.2) is 0 Å². The predicted molar refractivity (Wildman–Crippen MR) is 126 cm³/mol. The van der Waals surface area contributed by atoms with Crippen LogP contribution in [0.4, 0.5) is 11.4 Å². The van der Waals surface area contributed by atoms with E-state index >= 15 is 0 Å². The van der Waals surface area contributed by atoms with Crippen molar-refractivity contribution in [3.8, 4) is 0 Å². The molecule has 0 aromatic heterocycles. The average molecular weight is 457 g/mol. The van der Waals surface area contributed by atoms with Gasteiger partial charge in [-0.3, -0.25) is 9.10 Å². The maximum absolute atomic E-state index is 13.5. The molecule has 0 saturated carbocycles. The van der Waals surface area contributed by atoms with Gasteiger partial charge in [0.1, 0.15) is 6.54 Å². The molecule has 3 aromatic carbocycles. The van der Waals surface area contributed by atoms with E-state index in [2.05, 4.69) is 5.32 Å². The fourth-order valence-electron chi connectivity index (χ4n) is 3.12. The molecule has 0 aliphatic heterocycles. The van der Waals surface area contributed by atoms with E-state index in [0.717, 1.165) is 26.6 Å². The Hall–Kier alpha value is -2.83. The van der Waals surface area contributed by atoms with Gasteiger partial charge in [0, 0.05) is 10.7 Å². The molecule has 0 aliphatic carbocycles. The molecule has 0 unspecified atom stereocenters.